The Kier molecular flexibility index (Phi) is 3.38. The van der Waals surface area contributed by atoms with Crippen molar-refractivity contribution in [1.82, 2.24) is 9.55 Å². The van der Waals surface area contributed by atoms with Gasteiger partial charge in [0.25, 0.3) is 0 Å². The number of hydrogen-bond acceptors (Lipinski definition) is 2. The maximum Gasteiger partial charge on any atom is 0.111 e. The Morgan fingerprint density at radius 1 is 1.24 bits per heavy atom. The maximum absolute atomic E-state index is 4.54. The lowest BCUT2D eigenvalue weighted by Gasteiger charge is -2.05. The van der Waals surface area contributed by atoms with Crippen molar-refractivity contribution < 1.29 is 0 Å². The van der Waals surface area contributed by atoms with E-state index in [2.05, 4.69) is 48.1 Å². The summed E-state index contributed by atoms with van der Waals surface area (Å²) >= 11 is 0. The van der Waals surface area contributed by atoms with E-state index in [1.807, 2.05) is 17.7 Å². The highest BCUT2D eigenvalue weighted by molar-refractivity contribution is 5.84. The third-order valence-corrected chi connectivity index (χ3v) is 2.73. The van der Waals surface area contributed by atoms with Crippen LogP contribution >= 0.6 is 0 Å². The van der Waals surface area contributed by atoms with Gasteiger partial charge in [0.2, 0.25) is 0 Å². The molecule has 0 unspecified atom stereocenters. The van der Waals surface area contributed by atoms with Gasteiger partial charge in [-0.05, 0) is 30.5 Å². The molecule has 2 aromatic rings. The topological polar surface area (TPSA) is 30.2 Å². The van der Waals surface area contributed by atoms with Crippen molar-refractivity contribution in [3.63, 3.8) is 0 Å². The van der Waals surface area contributed by atoms with Gasteiger partial charge >= 0.3 is 0 Å². The summed E-state index contributed by atoms with van der Waals surface area (Å²) in [6.07, 6.45) is 5.39. The molecule has 0 bridgehead atoms. The number of aliphatic imine (C=N–C) groups is 1. The van der Waals surface area contributed by atoms with Crippen LogP contribution in [0.15, 0.2) is 48.0 Å². The first-order chi connectivity index (χ1) is 8.16. The second-order valence-electron chi connectivity index (χ2n) is 4.38. The molecule has 0 saturated heterocycles. The molecule has 3 nitrogen and oxygen atoms in total. The van der Waals surface area contributed by atoms with Gasteiger partial charge in [-0.25, -0.2) is 9.98 Å². The number of benzene rings is 1. The molecule has 0 radical (unpaired) electrons. The van der Waals surface area contributed by atoms with Gasteiger partial charge in [-0.2, -0.15) is 0 Å². The Labute approximate surface area is 102 Å². The van der Waals surface area contributed by atoms with Gasteiger partial charge < -0.3 is 0 Å². The van der Waals surface area contributed by atoms with Gasteiger partial charge in [0.15, 0.2) is 0 Å². The van der Waals surface area contributed by atoms with Crippen LogP contribution in [0.4, 0.5) is 5.69 Å². The Morgan fingerprint density at radius 3 is 2.47 bits per heavy atom. The molecule has 1 aromatic carbocycles. The molecule has 1 aromatic heterocycles. The van der Waals surface area contributed by atoms with E-state index in [0.29, 0.717) is 5.92 Å². The molecule has 0 spiro atoms. The molecule has 17 heavy (non-hydrogen) atoms. The molecule has 0 saturated carbocycles. The van der Waals surface area contributed by atoms with Crippen LogP contribution in [0.2, 0.25) is 0 Å². The van der Waals surface area contributed by atoms with Crippen molar-refractivity contribution in [1.29, 1.82) is 0 Å². The van der Waals surface area contributed by atoms with E-state index >= 15 is 0 Å². The maximum atomic E-state index is 4.54. The monoisotopic (exact) mass is 227 g/mol. The fraction of sp³-hybridized carbons (Fsp3) is 0.286. The minimum atomic E-state index is 0.558. The minimum Gasteiger partial charge on any atom is -0.294 e. The fourth-order valence-electron chi connectivity index (χ4n) is 1.63. The number of nitrogens with zero attached hydrogens (tertiary/aromatic N) is 3. The van der Waals surface area contributed by atoms with Crippen molar-refractivity contribution in [2.75, 3.05) is 0 Å². The fourth-order valence-corrected chi connectivity index (χ4v) is 1.63. The average molecular weight is 227 g/mol. The smallest absolute Gasteiger partial charge is 0.111 e. The number of rotatable bonds is 2. The number of aromatic nitrogens is 2. The molecule has 0 N–H and O–H groups in total. The zero-order chi connectivity index (χ0) is 12.3. The average Bonchev–Trinajstić information content (AvgIpc) is 2.83. The van der Waals surface area contributed by atoms with Crippen molar-refractivity contribution in [2.24, 2.45) is 4.99 Å². The molecule has 0 fully saturated rings. The molecule has 2 rings (SSSR count). The van der Waals surface area contributed by atoms with Crippen molar-refractivity contribution in [3.05, 3.63) is 48.5 Å². The highest BCUT2D eigenvalue weighted by Crippen LogP contribution is 2.19. The summed E-state index contributed by atoms with van der Waals surface area (Å²) in [7, 11) is 0. The summed E-state index contributed by atoms with van der Waals surface area (Å²) in [4.78, 5) is 8.55. The van der Waals surface area contributed by atoms with Crippen LogP contribution in [0.1, 0.15) is 32.3 Å². The number of imidazole rings is 1. The molecule has 88 valence electrons. The van der Waals surface area contributed by atoms with Crippen LogP contribution in [-0.2, 0) is 0 Å². The predicted octanol–water partition coefficient (Wildman–Crippen LogP) is 3.60. The second kappa shape index (κ2) is 4.95. The molecular weight excluding hydrogens is 210 g/mol. The standard InChI is InChI=1S/C14H17N3/c1-11(2)13-4-6-14(7-5-13)16-12(3)17-9-8-15-10-17/h4-11H,1-3H3. The molecule has 0 atom stereocenters. The molecule has 0 aliphatic rings. The first-order valence-electron chi connectivity index (χ1n) is 5.80. The summed E-state index contributed by atoms with van der Waals surface area (Å²) in [5, 5.41) is 0. The Bertz CT molecular complexity index is 493. The van der Waals surface area contributed by atoms with Crippen LogP contribution in [0.25, 0.3) is 0 Å². The summed E-state index contributed by atoms with van der Waals surface area (Å²) in [5.74, 6) is 1.47. The van der Waals surface area contributed by atoms with Crippen LogP contribution in [0.3, 0.4) is 0 Å². The SMILES string of the molecule is CC(=Nc1ccc(C(C)C)cc1)n1ccnc1. The summed E-state index contributed by atoms with van der Waals surface area (Å²) in [6, 6.07) is 8.36. The highest BCUT2D eigenvalue weighted by atomic mass is 15.1. The lowest BCUT2D eigenvalue weighted by molar-refractivity contribution is 0.867. The molecule has 0 aliphatic heterocycles. The molecule has 3 heteroatoms. The van der Waals surface area contributed by atoms with Crippen LogP contribution in [-0.4, -0.2) is 15.4 Å². The minimum absolute atomic E-state index is 0.558. The van der Waals surface area contributed by atoms with Crippen LogP contribution < -0.4 is 0 Å². The van der Waals surface area contributed by atoms with Crippen LogP contribution in [0, 0.1) is 0 Å². The highest BCUT2D eigenvalue weighted by Gasteiger charge is 1.99. The summed E-state index contributed by atoms with van der Waals surface area (Å²) < 4.78 is 1.90. The molecule has 0 amide bonds. The Hall–Kier alpha value is -1.90. The number of hydrogen-bond donors (Lipinski definition) is 0. The van der Waals surface area contributed by atoms with Gasteiger partial charge in [0.1, 0.15) is 12.2 Å². The normalized spacial score (nSPS) is 12.1. The lowest BCUT2D eigenvalue weighted by Crippen LogP contribution is -2.03. The van der Waals surface area contributed by atoms with Crippen LogP contribution in [0.5, 0.6) is 0 Å². The first kappa shape index (κ1) is 11.6. The van der Waals surface area contributed by atoms with E-state index in [4.69, 9.17) is 0 Å². The third kappa shape index (κ3) is 2.81. The van der Waals surface area contributed by atoms with Gasteiger partial charge in [-0.15, -0.1) is 0 Å². The zero-order valence-corrected chi connectivity index (χ0v) is 10.5. The van der Waals surface area contributed by atoms with Gasteiger partial charge in [0, 0.05) is 12.4 Å². The summed E-state index contributed by atoms with van der Waals surface area (Å²) in [5.41, 5.74) is 2.31. The van der Waals surface area contributed by atoms with Crippen molar-refractivity contribution in [2.45, 2.75) is 26.7 Å². The lowest BCUT2D eigenvalue weighted by atomic mass is 10.0. The van der Waals surface area contributed by atoms with E-state index in [0.717, 1.165) is 11.5 Å². The van der Waals surface area contributed by atoms with Crippen molar-refractivity contribution >= 4 is 11.5 Å². The van der Waals surface area contributed by atoms with E-state index in [1.54, 1.807) is 12.5 Å². The van der Waals surface area contributed by atoms with Gasteiger partial charge in [-0.3, -0.25) is 4.57 Å². The molecule has 1 heterocycles. The Morgan fingerprint density at radius 2 is 1.94 bits per heavy atom. The zero-order valence-electron chi connectivity index (χ0n) is 10.5. The Balaban J connectivity index is 2.21. The van der Waals surface area contributed by atoms with E-state index in [-0.39, 0.29) is 0 Å². The predicted molar refractivity (Wildman–Crippen MR) is 70.9 cm³/mol. The van der Waals surface area contributed by atoms with E-state index < -0.39 is 0 Å². The van der Waals surface area contributed by atoms with Gasteiger partial charge in [0.05, 0.1) is 5.69 Å². The third-order valence-electron chi connectivity index (χ3n) is 2.73. The van der Waals surface area contributed by atoms with E-state index in [9.17, 15) is 0 Å². The molecular formula is C14H17N3. The largest absolute Gasteiger partial charge is 0.294 e. The second-order valence-corrected chi connectivity index (χ2v) is 4.38. The molecule has 0 aliphatic carbocycles. The van der Waals surface area contributed by atoms with Gasteiger partial charge in [-0.1, -0.05) is 26.0 Å². The first-order valence-corrected chi connectivity index (χ1v) is 5.80. The quantitative estimate of drug-likeness (QED) is 0.569. The van der Waals surface area contributed by atoms with E-state index in [1.165, 1.54) is 5.56 Å². The summed E-state index contributed by atoms with van der Waals surface area (Å²) in [6.45, 7) is 6.35. The van der Waals surface area contributed by atoms with Crippen molar-refractivity contribution in [3.8, 4) is 0 Å².